The van der Waals surface area contributed by atoms with Gasteiger partial charge in [-0.25, -0.2) is 18.3 Å². The van der Waals surface area contributed by atoms with Crippen LogP contribution in [0.1, 0.15) is 77.8 Å². The molecule has 4 aromatic heterocycles. The van der Waals surface area contributed by atoms with Gasteiger partial charge in [-0.3, -0.25) is 34.3 Å². The Labute approximate surface area is 273 Å². The predicted molar refractivity (Wildman–Crippen MR) is 167 cm³/mol. The van der Waals surface area contributed by atoms with Gasteiger partial charge in [-0.15, -0.1) is 0 Å². The molecule has 8 rings (SSSR count). The molecule has 2 bridgehead atoms. The zero-order valence-electron chi connectivity index (χ0n) is 26.0. The summed E-state index contributed by atoms with van der Waals surface area (Å²) in [5.41, 5.74) is 1.63. The van der Waals surface area contributed by atoms with Gasteiger partial charge in [-0.05, 0) is 43.4 Å². The Kier molecular flexibility index (Phi) is 7.83. The number of fused-ring (bicyclic) bond motifs is 3. The van der Waals surface area contributed by atoms with Gasteiger partial charge in [0.2, 0.25) is 11.8 Å². The lowest BCUT2D eigenvalue weighted by molar-refractivity contribution is -0.134. The molecule has 0 aromatic carbocycles. The summed E-state index contributed by atoms with van der Waals surface area (Å²) in [6.45, 7) is 3.38. The quantitative estimate of drug-likeness (QED) is 0.270. The van der Waals surface area contributed by atoms with Gasteiger partial charge in [0.15, 0.2) is 11.3 Å². The molecule has 4 aromatic rings. The molecule has 48 heavy (non-hydrogen) atoms. The van der Waals surface area contributed by atoms with Gasteiger partial charge in [0.1, 0.15) is 11.4 Å². The number of carbonyl (C=O) groups excluding carboxylic acids is 3. The lowest BCUT2D eigenvalue weighted by atomic mass is 9.91. The maximum Gasteiger partial charge on any atom is 0.284 e. The number of morpholine rings is 1. The molecule has 250 valence electrons. The normalized spacial score (nSPS) is 23.4. The molecule has 3 amide bonds. The van der Waals surface area contributed by atoms with Gasteiger partial charge >= 0.3 is 0 Å². The Hall–Kier alpha value is -4.83. The third-order valence-electron chi connectivity index (χ3n) is 9.82. The van der Waals surface area contributed by atoms with E-state index in [1.807, 2.05) is 18.2 Å². The van der Waals surface area contributed by atoms with E-state index < -0.39 is 18.0 Å². The molecule has 1 unspecified atom stereocenters. The standard InChI is InChI=1S/C32H34F2N10O4/c33-29(34)28-25(37-32(47)24-13-36-43-10-7-26(38-30(24)43)42-15-22-11-21(42)17-48-22)16-44(40-28)20-5-8-41(9-6-20)14-19-2-1-18(12-35-19)23-3-4-27(45)39-31(23)46/h1-2,7,10,12-13,16,20-23,29H,3-6,8-9,11,14-15,17H2,(H,37,47)(H,39,45,46)/t21-,22-,23?/m1/s1. The minimum atomic E-state index is -2.88. The smallest absolute Gasteiger partial charge is 0.284 e. The number of aromatic nitrogens is 6. The van der Waals surface area contributed by atoms with Crippen LogP contribution in [0.4, 0.5) is 20.3 Å². The minimum Gasteiger partial charge on any atom is -0.374 e. The van der Waals surface area contributed by atoms with Gasteiger partial charge in [0, 0.05) is 51.2 Å². The third-order valence-corrected chi connectivity index (χ3v) is 9.82. The molecule has 4 saturated heterocycles. The molecule has 16 heteroatoms. The van der Waals surface area contributed by atoms with Crippen LogP contribution in [-0.4, -0.2) is 90.4 Å². The molecule has 8 heterocycles. The SMILES string of the molecule is O=C1CCC(c2ccc(CN3CCC(n4cc(NC(=O)c5cnn6ccc(N7C[C@H]8C[C@@H]7CO8)nc56)c(C(F)F)n4)CC3)nc2)C(=O)N1. The lowest BCUT2D eigenvalue weighted by Crippen LogP contribution is -2.39. The summed E-state index contributed by atoms with van der Waals surface area (Å²) in [5.74, 6) is -0.785. The first-order valence-electron chi connectivity index (χ1n) is 16.2. The first-order valence-corrected chi connectivity index (χ1v) is 16.2. The number of rotatable bonds is 8. The van der Waals surface area contributed by atoms with Crippen molar-refractivity contribution in [2.75, 3.05) is 36.5 Å². The van der Waals surface area contributed by atoms with Crippen LogP contribution >= 0.6 is 0 Å². The van der Waals surface area contributed by atoms with Gasteiger partial charge in [-0.1, -0.05) is 6.07 Å². The van der Waals surface area contributed by atoms with Crippen molar-refractivity contribution in [2.45, 2.75) is 69.2 Å². The van der Waals surface area contributed by atoms with Crippen LogP contribution < -0.4 is 15.5 Å². The van der Waals surface area contributed by atoms with Crippen molar-refractivity contribution in [2.24, 2.45) is 0 Å². The number of nitrogens with zero attached hydrogens (tertiary/aromatic N) is 8. The molecule has 0 saturated carbocycles. The van der Waals surface area contributed by atoms with Crippen LogP contribution in [0.15, 0.2) is 43.0 Å². The monoisotopic (exact) mass is 660 g/mol. The molecule has 4 aliphatic heterocycles. The number of alkyl halides is 2. The number of amides is 3. The summed E-state index contributed by atoms with van der Waals surface area (Å²) in [4.78, 5) is 50.7. The molecule has 0 radical (unpaired) electrons. The average Bonchev–Trinajstić information content (AvgIpc) is 3.89. The van der Waals surface area contributed by atoms with Crippen LogP contribution in [0.5, 0.6) is 0 Å². The van der Waals surface area contributed by atoms with E-state index in [9.17, 15) is 23.2 Å². The second-order valence-electron chi connectivity index (χ2n) is 12.9. The fourth-order valence-electron chi connectivity index (χ4n) is 7.22. The van der Waals surface area contributed by atoms with Crippen LogP contribution in [-0.2, 0) is 20.9 Å². The zero-order chi connectivity index (χ0) is 32.9. The van der Waals surface area contributed by atoms with Crippen molar-refractivity contribution in [3.8, 4) is 0 Å². The van der Waals surface area contributed by atoms with Gasteiger partial charge in [0.25, 0.3) is 12.3 Å². The highest BCUT2D eigenvalue weighted by molar-refractivity contribution is 6.08. The van der Waals surface area contributed by atoms with E-state index in [2.05, 4.69) is 35.6 Å². The number of carbonyl (C=O) groups is 3. The second-order valence-corrected chi connectivity index (χ2v) is 12.9. The van der Waals surface area contributed by atoms with Gasteiger partial charge in [0.05, 0.1) is 48.3 Å². The number of likely N-dealkylation sites (tertiary alicyclic amines) is 1. The van der Waals surface area contributed by atoms with Crippen molar-refractivity contribution in [1.82, 2.24) is 39.6 Å². The number of ether oxygens (including phenoxy) is 1. The lowest BCUT2D eigenvalue weighted by Gasteiger charge is -2.31. The number of piperidine rings is 2. The highest BCUT2D eigenvalue weighted by Crippen LogP contribution is 2.33. The number of anilines is 2. The number of pyridine rings is 1. The summed E-state index contributed by atoms with van der Waals surface area (Å²) in [7, 11) is 0. The average molecular weight is 661 g/mol. The summed E-state index contributed by atoms with van der Waals surface area (Å²) >= 11 is 0. The maximum atomic E-state index is 14.1. The summed E-state index contributed by atoms with van der Waals surface area (Å²) in [6.07, 6.45) is 6.69. The van der Waals surface area contributed by atoms with E-state index in [-0.39, 0.29) is 47.2 Å². The Morgan fingerprint density at radius 2 is 1.96 bits per heavy atom. The largest absolute Gasteiger partial charge is 0.374 e. The highest BCUT2D eigenvalue weighted by Gasteiger charge is 2.40. The Morgan fingerprint density at radius 1 is 1.10 bits per heavy atom. The first kappa shape index (κ1) is 30.5. The van der Waals surface area contributed by atoms with Crippen LogP contribution in [0.2, 0.25) is 0 Å². The molecule has 4 fully saturated rings. The molecule has 14 nitrogen and oxygen atoms in total. The molecule has 0 spiro atoms. The second kappa shape index (κ2) is 12.3. The maximum absolute atomic E-state index is 14.1. The predicted octanol–water partition coefficient (Wildman–Crippen LogP) is 2.85. The fraction of sp³-hybridized carbons (Fsp3) is 0.469. The molecular weight excluding hydrogens is 626 g/mol. The molecular formula is C32H34F2N10O4. The highest BCUT2D eigenvalue weighted by atomic mass is 19.3. The number of hydrogen-bond donors (Lipinski definition) is 2. The summed E-state index contributed by atoms with van der Waals surface area (Å²) in [6, 6.07) is 5.76. The van der Waals surface area contributed by atoms with Gasteiger partial charge in [-0.2, -0.15) is 10.2 Å². The van der Waals surface area contributed by atoms with Crippen molar-refractivity contribution in [1.29, 1.82) is 0 Å². The first-order chi connectivity index (χ1) is 23.3. The van der Waals surface area contributed by atoms with E-state index in [0.29, 0.717) is 57.6 Å². The number of hydrogen-bond acceptors (Lipinski definition) is 10. The van der Waals surface area contributed by atoms with Crippen LogP contribution in [0.25, 0.3) is 5.65 Å². The Morgan fingerprint density at radius 3 is 2.67 bits per heavy atom. The molecule has 4 aliphatic rings. The molecule has 2 N–H and O–H groups in total. The van der Waals surface area contributed by atoms with Crippen molar-refractivity contribution < 1.29 is 27.9 Å². The van der Waals surface area contributed by atoms with E-state index >= 15 is 0 Å². The van der Waals surface area contributed by atoms with E-state index in [0.717, 1.165) is 30.0 Å². The third kappa shape index (κ3) is 5.78. The van der Waals surface area contributed by atoms with E-state index in [1.165, 1.54) is 16.9 Å². The topological polar surface area (TPSA) is 152 Å². The van der Waals surface area contributed by atoms with Crippen molar-refractivity contribution in [3.05, 3.63) is 65.5 Å². The van der Waals surface area contributed by atoms with Crippen LogP contribution in [0.3, 0.4) is 0 Å². The van der Waals surface area contributed by atoms with Crippen molar-refractivity contribution >= 4 is 34.9 Å². The van der Waals surface area contributed by atoms with Crippen LogP contribution in [0, 0.1) is 0 Å². The number of nitrogens with one attached hydrogen (secondary N) is 2. The number of imide groups is 1. The fourth-order valence-corrected chi connectivity index (χ4v) is 7.22. The summed E-state index contributed by atoms with van der Waals surface area (Å²) < 4.78 is 37.0. The number of halogens is 2. The van der Waals surface area contributed by atoms with E-state index in [1.54, 1.807) is 17.1 Å². The minimum absolute atomic E-state index is 0.0396. The van der Waals surface area contributed by atoms with E-state index in [4.69, 9.17) is 9.72 Å². The Balaban J connectivity index is 0.910. The Bertz CT molecular complexity index is 1870. The summed E-state index contributed by atoms with van der Waals surface area (Å²) in [5, 5.41) is 13.5. The molecule has 3 atom stereocenters. The zero-order valence-corrected chi connectivity index (χ0v) is 26.0. The van der Waals surface area contributed by atoms with Gasteiger partial charge < -0.3 is 15.0 Å². The van der Waals surface area contributed by atoms with Crippen molar-refractivity contribution in [3.63, 3.8) is 0 Å². The molecule has 0 aliphatic carbocycles.